The number of aromatic nitrogens is 3. The number of carbonyl (C=O) groups is 4. The van der Waals surface area contributed by atoms with Crippen LogP contribution in [-0.2, 0) is 25.7 Å². The molecule has 0 spiro atoms. The Morgan fingerprint density at radius 1 is 1.00 bits per heavy atom. The second kappa shape index (κ2) is 18.3. The smallest absolute Gasteiger partial charge is 0.293 e. The van der Waals surface area contributed by atoms with Crippen molar-refractivity contribution in [3.63, 3.8) is 0 Å². The van der Waals surface area contributed by atoms with Crippen LogP contribution in [0.5, 0.6) is 5.75 Å². The Hall–Kier alpha value is -5.65. The number of piperidine rings is 3. The molecule has 1 atom stereocenters. The summed E-state index contributed by atoms with van der Waals surface area (Å²) in [6, 6.07) is 8.57. The Morgan fingerprint density at radius 3 is 2.46 bits per heavy atom. The molecule has 4 aromatic rings. The predicted molar refractivity (Wildman–Crippen MR) is 242 cm³/mol. The first-order valence-electron chi connectivity index (χ1n) is 22.7. The fraction of sp³-hybridized carbons (Fsp3) is 0.511. The number of hydrogen-bond acceptors (Lipinski definition) is 12. The lowest BCUT2D eigenvalue weighted by molar-refractivity contribution is -0.137. The average molecular weight is 912 g/mol. The third kappa shape index (κ3) is 8.89. The van der Waals surface area contributed by atoms with E-state index in [2.05, 4.69) is 30.7 Å². The van der Waals surface area contributed by atoms with Crippen LogP contribution in [0.4, 0.5) is 21.8 Å². The van der Waals surface area contributed by atoms with Crippen LogP contribution in [0.2, 0.25) is 5.02 Å². The average Bonchev–Trinajstić information content (AvgIpc) is 3.60. The second-order valence-electron chi connectivity index (χ2n) is 18.2. The van der Waals surface area contributed by atoms with Crippen molar-refractivity contribution >= 4 is 63.6 Å². The van der Waals surface area contributed by atoms with E-state index in [0.29, 0.717) is 45.2 Å². The molecule has 5 aliphatic rings. The maximum atomic E-state index is 16.3. The third-order valence-corrected chi connectivity index (χ3v) is 14.1. The van der Waals surface area contributed by atoms with Gasteiger partial charge in [0.1, 0.15) is 16.9 Å². The van der Waals surface area contributed by atoms with Gasteiger partial charge in [0.25, 0.3) is 17.4 Å². The van der Waals surface area contributed by atoms with Gasteiger partial charge in [-0.3, -0.25) is 29.3 Å². The Balaban J connectivity index is 0.754. The topological polar surface area (TPSA) is 180 Å². The standard InChI is InChI=1S/C47H55ClFN9O7/c1-25(2)58-36-6-5-29(18-28(36)19-38(46(58)63)64-24-40(60)50-4)52-43-35(48)22-51-47(54-43)56-15-11-31(12-16-56)65-32-20-30(21-32)55-13-9-27(10-14-55)41-26(3)17-33-34(42(41)49)23-57(45(33)62)37-7-8-39(59)53-44(37)61/h5-6,17-19,22,25,27,30-32,37H,7-16,20-21,23-24H2,1-4H3,(H,50,60)(H,51,52,54)(H,53,59,61). The van der Waals surface area contributed by atoms with E-state index in [1.807, 2.05) is 39.0 Å². The highest BCUT2D eigenvalue weighted by atomic mass is 35.5. The van der Waals surface area contributed by atoms with E-state index < -0.39 is 11.9 Å². The molecule has 1 saturated carbocycles. The first kappa shape index (κ1) is 44.5. The van der Waals surface area contributed by atoms with Crippen molar-refractivity contribution in [3.8, 4) is 5.75 Å². The van der Waals surface area contributed by atoms with E-state index in [1.165, 1.54) is 11.9 Å². The van der Waals surface area contributed by atoms with E-state index >= 15 is 4.39 Å². The maximum Gasteiger partial charge on any atom is 0.293 e. The first-order chi connectivity index (χ1) is 31.3. The number of amides is 4. The molecule has 3 saturated heterocycles. The Labute approximate surface area is 381 Å². The maximum absolute atomic E-state index is 16.3. The highest BCUT2D eigenvalue weighted by Crippen LogP contribution is 2.41. The predicted octanol–water partition coefficient (Wildman–Crippen LogP) is 5.50. The van der Waals surface area contributed by atoms with Crippen molar-refractivity contribution in [3.05, 3.63) is 80.0 Å². The number of nitrogens with zero attached hydrogens (tertiary/aromatic N) is 6. The molecule has 2 aromatic heterocycles. The van der Waals surface area contributed by atoms with Gasteiger partial charge < -0.3 is 39.4 Å². The number of pyridine rings is 1. The number of rotatable bonds is 12. The van der Waals surface area contributed by atoms with Gasteiger partial charge in [-0.15, -0.1) is 0 Å². The lowest BCUT2D eigenvalue weighted by Crippen LogP contribution is -2.52. The molecule has 4 fully saturated rings. The minimum absolute atomic E-state index is 0.0374. The van der Waals surface area contributed by atoms with E-state index in [1.54, 1.807) is 22.9 Å². The molecule has 3 N–H and O–H groups in total. The molecular weight excluding hydrogens is 857 g/mol. The summed E-state index contributed by atoms with van der Waals surface area (Å²) in [4.78, 5) is 78.1. The summed E-state index contributed by atoms with van der Waals surface area (Å²) in [5, 5.41) is 9.25. The zero-order chi connectivity index (χ0) is 45.7. The lowest BCUT2D eigenvalue weighted by Gasteiger charge is -2.47. The van der Waals surface area contributed by atoms with Crippen molar-refractivity contribution in [1.29, 1.82) is 0 Å². The highest BCUT2D eigenvalue weighted by molar-refractivity contribution is 6.33. The number of carbonyl (C=O) groups excluding carboxylic acids is 4. The van der Waals surface area contributed by atoms with Gasteiger partial charge >= 0.3 is 0 Å². The van der Waals surface area contributed by atoms with Crippen molar-refractivity contribution < 1.29 is 33.0 Å². The molecule has 65 heavy (non-hydrogen) atoms. The molecule has 4 amide bonds. The number of hydrogen-bond donors (Lipinski definition) is 3. The van der Waals surface area contributed by atoms with Crippen molar-refractivity contribution in [2.75, 3.05) is 50.1 Å². The molecule has 1 unspecified atom stereocenters. The van der Waals surface area contributed by atoms with Crippen LogP contribution in [0.15, 0.2) is 41.3 Å². The third-order valence-electron chi connectivity index (χ3n) is 13.8. The monoisotopic (exact) mass is 911 g/mol. The second-order valence-corrected chi connectivity index (χ2v) is 18.6. The summed E-state index contributed by atoms with van der Waals surface area (Å²) < 4.78 is 30.1. The first-order valence-corrected chi connectivity index (χ1v) is 23.1. The zero-order valence-electron chi connectivity index (χ0n) is 37.1. The molecule has 344 valence electrons. The SMILES string of the molecule is CNC(=O)COc1cc2cc(Nc3nc(N4CCC(OC5CC(N6CCC(c7c(C)cc8c(c7F)CN(C7CCC(=O)NC7=O)C8=O)CC6)C5)CC4)ncc3Cl)ccc2n(C(C)C)c1=O. The Morgan fingerprint density at radius 2 is 1.75 bits per heavy atom. The molecule has 0 radical (unpaired) electrons. The van der Waals surface area contributed by atoms with Crippen LogP contribution in [0.1, 0.15) is 104 Å². The molecule has 6 heterocycles. The summed E-state index contributed by atoms with van der Waals surface area (Å²) >= 11 is 6.60. The minimum atomic E-state index is -0.773. The van der Waals surface area contributed by atoms with E-state index in [4.69, 9.17) is 26.1 Å². The van der Waals surface area contributed by atoms with Crippen LogP contribution < -0.4 is 31.1 Å². The largest absolute Gasteiger partial charge is 0.478 e. The van der Waals surface area contributed by atoms with Gasteiger partial charge in [-0.1, -0.05) is 11.6 Å². The summed E-state index contributed by atoms with van der Waals surface area (Å²) in [5.74, 6) is -0.710. The number of fused-ring (bicyclic) bond motifs is 2. The lowest BCUT2D eigenvalue weighted by atomic mass is 9.81. The normalized spacial score (nSPS) is 22.0. The number of benzene rings is 2. The van der Waals surface area contributed by atoms with Crippen LogP contribution in [0, 0.1) is 12.7 Å². The van der Waals surface area contributed by atoms with Gasteiger partial charge in [-0.2, -0.15) is 4.98 Å². The van der Waals surface area contributed by atoms with Gasteiger partial charge in [-0.25, -0.2) is 9.37 Å². The van der Waals surface area contributed by atoms with Gasteiger partial charge in [0.15, 0.2) is 18.2 Å². The summed E-state index contributed by atoms with van der Waals surface area (Å²) in [7, 11) is 1.51. The van der Waals surface area contributed by atoms with Crippen LogP contribution in [0.3, 0.4) is 0 Å². The van der Waals surface area contributed by atoms with Crippen LogP contribution >= 0.6 is 11.6 Å². The van der Waals surface area contributed by atoms with Crippen molar-refractivity contribution in [1.82, 2.24) is 35.0 Å². The summed E-state index contributed by atoms with van der Waals surface area (Å²) in [6.45, 7) is 8.68. The molecule has 0 bridgehead atoms. The number of imide groups is 1. The zero-order valence-corrected chi connectivity index (χ0v) is 37.9. The van der Waals surface area contributed by atoms with Crippen molar-refractivity contribution in [2.45, 2.75) is 115 Å². The summed E-state index contributed by atoms with van der Waals surface area (Å²) in [5.41, 5.74) is 3.25. The Kier molecular flexibility index (Phi) is 12.6. The molecule has 9 rings (SSSR count). The molecule has 16 nitrogen and oxygen atoms in total. The fourth-order valence-electron chi connectivity index (χ4n) is 10.2. The van der Waals surface area contributed by atoms with Crippen molar-refractivity contribution in [2.24, 2.45) is 0 Å². The van der Waals surface area contributed by atoms with Gasteiger partial charge in [-0.05, 0) is 126 Å². The number of nitrogens with one attached hydrogen (secondary N) is 3. The quantitative estimate of drug-likeness (QED) is 0.152. The molecule has 18 heteroatoms. The van der Waals surface area contributed by atoms with Gasteiger partial charge in [0, 0.05) is 60.8 Å². The number of ether oxygens (including phenoxy) is 2. The number of likely N-dealkylation sites (tertiary alicyclic amines) is 1. The van der Waals surface area contributed by atoms with Crippen LogP contribution in [0.25, 0.3) is 10.9 Å². The minimum Gasteiger partial charge on any atom is -0.478 e. The van der Waals surface area contributed by atoms with Gasteiger partial charge in [0.2, 0.25) is 17.8 Å². The number of aryl methyl sites for hydroxylation is 1. The van der Waals surface area contributed by atoms with Gasteiger partial charge in [0.05, 0.1) is 30.5 Å². The Bertz CT molecular complexity index is 2600. The van der Waals surface area contributed by atoms with Crippen LogP contribution in [-0.4, -0.2) is 112 Å². The van der Waals surface area contributed by atoms with E-state index in [9.17, 15) is 24.0 Å². The number of halogens is 2. The number of likely N-dealkylation sites (N-methyl/N-ethyl adjacent to an activating group) is 1. The fourth-order valence-corrected chi connectivity index (χ4v) is 10.4. The van der Waals surface area contributed by atoms with E-state index in [0.717, 1.165) is 81.2 Å². The number of anilines is 3. The molecule has 2 aromatic carbocycles. The molecule has 1 aliphatic carbocycles. The molecule has 4 aliphatic heterocycles. The molecular formula is C47H55ClFN9O7. The van der Waals surface area contributed by atoms with E-state index in [-0.39, 0.29) is 85.0 Å². The highest BCUT2D eigenvalue weighted by Gasteiger charge is 2.43. The summed E-state index contributed by atoms with van der Waals surface area (Å²) in [6.07, 6.45) is 7.62.